The van der Waals surface area contributed by atoms with Crippen LogP contribution >= 0.6 is 0 Å². The van der Waals surface area contributed by atoms with E-state index in [2.05, 4.69) is 44.2 Å². The van der Waals surface area contributed by atoms with Crippen molar-refractivity contribution in [3.05, 3.63) is 12.2 Å². The summed E-state index contributed by atoms with van der Waals surface area (Å²) >= 11 is 0. The topological polar surface area (TPSA) is 26.7 Å². The fraction of sp³-hybridized carbons (Fsp3) is 0.867. The molecule has 1 heterocycles. The normalized spacial score (nSPS) is 28.3. The van der Waals surface area contributed by atoms with E-state index in [-0.39, 0.29) is 0 Å². The van der Waals surface area contributed by atoms with Crippen molar-refractivity contribution in [2.45, 2.75) is 45.8 Å². The first kappa shape index (κ1) is 15.7. The third-order valence-electron chi connectivity index (χ3n) is 4.15. The molecule has 1 fully saturated rings. The molecule has 0 aromatic heterocycles. The van der Waals surface area contributed by atoms with Crippen LogP contribution in [0.4, 0.5) is 0 Å². The summed E-state index contributed by atoms with van der Waals surface area (Å²) in [4.78, 5) is 4.45. The Bertz CT molecular complexity index is 280. The second-order valence-electron chi connectivity index (χ2n) is 5.84. The van der Waals surface area contributed by atoms with Crippen LogP contribution in [-0.2, 0) is 0 Å². The number of rotatable bonds is 6. The van der Waals surface area contributed by atoms with Gasteiger partial charge in [0.15, 0.2) is 0 Å². The lowest BCUT2D eigenvalue weighted by Crippen LogP contribution is -2.62. The number of allylic oxidation sites excluding steroid dienone is 1. The van der Waals surface area contributed by atoms with Crippen LogP contribution in [0.5, 0.6) is 0 Å². The predicted molar refractivity (Wildman–Crippen MR) is 77.5 cm³/mol. The molecule has 18 heavy (non-hydrogen) atoms. The summed E-state index contributed by atoms with van der Waals surface area (Å²) in [6.45, 7) is 14.2. The Kier molecular flexibility index (Phi) is 5.83. The van der Waals surface area contributed by atoms with Gasteiger partial charge in [0.2, 0.25) is 0 Å². The summed E-state index contributed by atoms with van der Waals surface area (Å²) in [6.07, 6.45) is 3.09. The SMILES string of the molecule is C=C(C)[C@@H](CCC)CC1(O)CN(C)CCN1CC. The van der Waals surface area contributed by atoms with Gasteiger partial charge >= 0.3 is 0 Å². The van der Waals surface area contributed by atoms with E-state index in [1.807, 2.05) is 0 Å². The van der Waals surface area contributed by atoms with Gasteiger partial charge in [-0.2, -0.15) is 0 Å². The highest BCUT2D eigenvalue weighted by Gasteiger charge is 2.39. The van der Waals surface area contributed by atoms with Crippen molar-refractivity contribution in [2.24, 2.45) is 5.92 Å². The predicted octanol–water partition coefficient (Wildman–Crippen LogP) is 2.32. The summed E-state index contributed by atoms with van der Waals surface area (Å²) in [5.41, 5.74) is 0.523. The molecule has 0 bridgehead atoms. The van der Waals surface area contributed by atoms with Gasteiger partial charge in [0.1, 0.15) is 5.72 Å². The van der Waals surface area contributed by atoms with Crippen molar-refractivity contribution in [2.75, 3.05) is 33.2 Å². The van der Waals surface area contributed by atoms with Gasteiger partial charge in [-0.3, -0.25) is 4.90 Å². The molecule has 106 valence electrons. The molecule has 0 spiro atoms. The van der Waals surface area contributed by atoms with E-state index >= 15 is 0 Å². The molecule has 1 N–H and O–H groups in total. The fourth-order valence-corrected chi connectivity index (χ4v) is 3.02. The molecule has 3 nitrogen and oxygen atoms in total. The Hall–Kier alpha value is -0.380. The maximum Gasteiger partial charge on any atom is 0.131 e. The highest BCUT2D eigenvalue weighted by atomic mass is 16.3. The molecule has 1 unspecified atom stereocenters. The van der Waals surface area contributed by atoms with Crippen molar-refractivity contribution >= 4 is 0 Å². The molecule has 1 rings (SSSR count). The maximum atomic E-state index is 11.0. The van der Waals surface area contributed by atoms with Gasteiger partial charge in [0.25, 0.3) is 0 Å². The molecule has 3 heteroatoms. The Balaban J connectivity index is 2.77. The van der Waals surface area contributed by atoms with Crippen LogP contribution in [0.15, 0.2) is 12.2 Å². The van der Waals surface area contributed by atoms with Crippen LogP contribution in [-0.4, -0.2) is 53.9 Å². The number of hydrogen-bond acceptors (Lipinski definition) is 3. The maximum absolute atomic E-state index is 11.0. The number of hydrogen-bond donors (Lipinski definition) is 1. The minimum Gasteiger partial charge on any atom is -0.374 e. The number of β-amino-alcohol motifs (C(OH)–C–C–N with tert-alkyl or cyclic N) is 1. The smallest absolute Gasteiger partial charge is 0.131 e. The Morgan fingerprint density at radius 3 is 2.56 bits per heavy atom. The van der Waals surface area contributed by atoms with Gasteiger partial charge in [-0.15, -0.1) is 0 Å². The fourth-order valence-electron chi connectivity index (χ4n) is 3.02. The van der Waals surface area contributed by atoms with Crippen molar-refractivity contribution in [3.8, 4) is 0 Å². The first-order valence-electron chi connectivity index (χ1n) is 7.24. The lowest BCUT2D eigenvalue weighted by atomic mass is 9.86. The van der Waals surface area contributed by atoms with E-state index in [1.165, 1.54) is 5.57 Å². The van der Waals surface area contributed by atoms with E-state index < -0.39 is 5.72 Å². The highest BCUT2D eigenvalue weighted by Crippen LogP contribution is 2.31. The Labute approximate surface area is 112 Å². The minimum absolute atomic E-state index is 0.431. The van der Waals surface area contributed by atoms with Crippen LogP contribution in [0.1, 0.15) is 40.0 Å². The molecule has 0 aliphatic carbocycles. The molecular weight excluding hydrogens is 224 g/mol. The van der Waals surface area contributed by atoms with Crippen molar-refractivity contribution < 1.29 is 5.11 Å². The van der Waals surface area contributed by atoms with Crippen molar-refractivity contribution in [1.29, 1.82) is 0 Å². The molecule has 0 aromatic rings. The van der Waals surface area contributed by atoms with Gasteiger partial charge in [0, 0.05) is 19.6 Å². The number of aliphatic hydroxyl groups is 1. The van der Waals surface area contributed by atoms with Crippen LogP contribution in [0.2, 0.25) is 0 Å². The van der Waals surface area contributed by atoms with Gasteiger partial charge in [0.05, 0.1) is 0 Å². The average molecular weight is 254 g/mol. The zero-order chi connectivity index (χ0) is 13.8. The van der Waals surface area contributed by atoms with Gasteiger partial charge in [-0.25, -0.2) is 0 Å². The quantitative estimate of drug-likeness (QED) is 0.737. The molecule has 0 aromatic carbocycles. The van der Waals surface area contributed by atoms with Crippen LogP contribution < -0.4 is 0 Å². The molecule has 2 atom stereocenters. The Morgan fingerprint density at radius 2 is 2.06 bits per heavy atom. The van der Waals surface area contributed by atoms with E-state index in [9.17, 15) is 5.11 Å². The summed E-state index contributed by atoms with van der Waals surface area (Å²) in [6, 6.07) is 0. The summed E-state index contributed by atoms with van der Waals surface area (Å²) in [5.74, 6) is 0.431. The van der Waals surface area contributed by atoms with Crippen LogP contribution in [0, 0.1) is 5.92 Å². The largest absolute Gasteiger partial charge is 0.374 e. The second-order valence-corrected chi connectivity index (χ2v) is 5.84. The number of likely N-dealkylation sites (N-methyl/N-ethyl adjacent to an activating group) is 2. The van der Waals surface area contributed by atoms with E-state index in [0.29, 0.717) is 5.92 Å². The molecule has 1 aliphatic rings. The van der Waals surface area contributed by atoms with Gasteiger partial charge < -0.3 is 10.0 Å². The van der Waals surface area contributed by atoms with Crippen LogP contribution in [0.25, 0.3) is 0 Å². The molecule has 0 saturated carbocycles. The third-order valence-corrected chi connectivity index (χ3v) is 4.15. The van der Waals surface area contributed by atoms with Crippen molar-refractivity contribution in [3.63, 3.8) is 0 Å². The van der Waals surface area contributed by atoms with Crippen molar-refractivity contribution in [1.82, 2.24) is 9.80 Å². The summed E-state index contributed by atoms with van der Waals surface area (Å²) in [7, 11) is 2.09. The first-order chi connectivity index (χ1) is 8.42. The van der Waals surface area contributed by atoms with Gasteiger partial charge in [-0.05, 0) is 39.3 Å². The third kappa shape index (κ3) is 3.81. The lowest BCUT2D eigenvalue weighted by Gasteiger charge is -2.47. The molecule has 1 saturated heterocycles. The van der Waals surface area contributed by atoms with E-state index in [4.69, 9.17) is 0 Å². The number of nitrogens with zero attached hydrogens (tertiary/aromatic N) is 2. The average Bonchev–Trinajstić information content (AvgIpc) is 2.28. The van der Waals surface area contributed by atoms with E-state index in [1.54, 1.807) is 0 Å². The zero-order valence-electron chi connectivity index (χ0n) is 12.6. The van der Waals surface area contributed by atoms with E-state index in [0.717, 1.165) is 45.4 Å². The lowest BCUT2D eigenvalue weighted by molar-refractivity contribution is -0.156. The van der Waals surface area contributed by atoms with Gasteiger partial charge in [-0.1, -0.05) is 32.4 Å². The monoisotopic (exact) mass is 254 g/mol. The standard InChI is InChI=1S/C15H30N2O/c1-6-8-14(13(3)4)11-15(18)12-16(5)9-10-17(15)7-2/h14,18H,3,6-12H2,1-2,4-5H3/t14-,15?/m0/s1. The second kappa shape index (κ2) is 6.69. The minimum atomic E-state index is -0.680. The zero-order valence-corrected chi connectivity index (χ0v) is 12.6. The first-order valence-corrected chi connectivity index (χ1v) is 7.24. The molecule has 0 radical (unpaired) electrons. The van der Waals surface area contributed by atoms with Crippen LogP contribution in [0.3, 0.4) is 0 Å². The molecule has 1 aliphatic heterocycles. The summed E-state index contributed by atoms with van der Waals surface area (Å²) < 4.78 is 0. The molecule has 0 amide bonds. The highest BCUT2D eigenvalue weighted by molar-refractivity contribution is 5.00. The summed E-state index contributed by atoms with van der Waals surface area (Å²) in [5, 5.41) is 11.0. The number of piperazine rings is 1. The molecular formula is C15H30N2O. The Morgan fingerprint density at radius 1 is 1.39 bits per heavy atom.